The van der Waals surface area contributed by atoms with Crippen LogP contribution in [-0.4, -0.2) is 34.5 Å². The summed E-state index contributed by atoms with van der Waals surface area (Å²) in [7, 11) is 3.53. The van der Waals surface area contributed by atoms with Crippen molar-refractivity contribution in [2.24, 2.45) is 0 Å². The van der Waals surface area contributed by atoms with Crippen molar-refractivity contribution in [3.8, 4) is 0 Å². The predicted molar refractivity (Wildman–Crippen MR) is 42.3 cm³/mol. The SMILES string of the molecule is CN(C)SN1C(=O)C=CC1=O. The van der Waals surface area contributed by atoms with Crippen LogP contribution in [0.15, 0.2) is 12.2 Å². The summed E-state index contributed by atoms with van der Waals surface area (Å²) in [6, 6.07) is 0. The van der Waals surface area contributed by atoms with Crippen LogP contribution in [-0.2, 0) is 9.59 Å². The Bertz CT molecular complexity index is 207. The molecule has 0 unspecified atom stereocenters. The summed E-state index contributed by atoms with van der Waals surface area (Å²) in [6.45, 7) is 0. The van der Waals surface area contributed by atoms with E-state index in [0.29, 0.717) is 0 Å². The minimum absolute atomic E-state index is 0.270. The molecule has 0 aliphatic carbocycles. The van der Waals surface area contributed by atoms with E-state index < -0.39 is 0 Å². The van der Waals surface area contributed by atoms with Crippen molar-refractivity contribution in [2.45, 2.75) is 0 Å². The number of rotatable bonds is 2. The number of carbonyl (C=O) groups is 2. The van der Waals surface area contributed by atoms with E-state index in [2.05, 4.69) is 0 Å². The van der Waals surface area contributed by atoms with E-state index in [4.69, 9.17) is 0 Å². The molecule has 0 atom stereocenters. The molecule has 4 nitrogen and oxygen atoms in total. The third-order valence-corrected chi connectivity index (χ3v) is 1.86. The molecule has 0 fully saturated rings. The van der Waals surface area contributed by atoms with Gasteiger partial charge in [-0.15, -0.1) is 0 Å². The third-order valence-electron chi connectivity index (χ3n) is 1.01. The van der Waals surface area contributed by atoms with E-state index in [0.717, 1.165) is 16.4 Å². The fraction of sp³-hybridized carbons (Fsp3) is 0.333. The van der Waals surface area contributed by atoms with Gasteiger partial charge < -0.3 is 0 Å². The van der Waals surface area contributed by atoms with Crippen molar-refractivity contribution in [3.63, 3.8) is 0 Å². The van der Waals surface area contributed by atoms with Gasteiger partial charge in [-0.2, -0.15) is 0 Å². The van der Waals surface area contributed by atoms with Gasteiger partial charge in [-0.1, -0.05) is 0 Å². The summed E-state index contributed by atoms with van der Waals surface area (Å²) in [5.74, 6) is -0.539. The quantitative estimate of drug-likeness (QED) is 0.435. The van der Waals surface area contributed by atoms with Crippen molar-refractivity contribution >= 4 is 23.9 Å². The van der Waals surface area contributed by atoms with Crippen LogP contribution in [0.5, 0.6) is 0 Å². The van der Waals surface area contributed by atoms with Crippen molar-refractivity contribution in [1.29, 1.82) is 0 Å². The summed E-state index contributed by atoms with van der Waals surface area (Å²) >= 11 is 1.08. The van der Waals surface area contributed by atoms with Crippen molar-refractivity contribution in [1.82, 2.24) is 8.61 Å². The molecule has 0 aromatic carbocycles. The fourth-order valence-corrected chi connectivity index (χ4v) is 1.24. The molecule has 0 N–H and O–H groups in total. The second kappa shape index (κ2) is 3.06. The largest absolute Gasteiger partial charge is 0.268 e. The van der Waals surface area contributed by atoms with Gasteiger partial charge in [0.1, 0.15) is 0 Å². The smallest absolute Gasteiger partial charge is 0.264 e. The number of imide groups is 1. The van der Waals surface area contributed by atoms with Gasteiger partial charge in [0.2, 0.25) is 0 Å². The Balaban J connectivity index is 2.59. The topological polar surface area (TPSA) is 40.6 Å². The molecule has 0 radical (unpaired) electrons. The molecular weight excluding hydrogens is 164 g/mol. The van der Waals surface area contributed by atoms with Crippen LogP contribution in [0.4, 0.5) is 0 Å². The minimum Gasteiger partial charge on any atom is -0.268 e. The first-order chi connectivity index (χ1) is 5.11. The van der Waals surface area contributed by atoms with E-state index in [1.54, 1.807) is 18.4 Å². The summed E-state index contributed by atoms with van der Waals surface area (Å²) in [6.07, 6.45) is 2.53. The highest BCUT2D eigenvalue weighted by Gasteiger charge is 2.24. The minimum atomic E-state index is -0.270. The van der Waals surface area contributed by atoms with Gasteiger partial charge >= 0.3 is 0 Å². The molecule has 1 heterocycles. The number of amides is 2. The predicted octanol–water partition coefficient (Wildman–Crippen LogP) is 0.0362. The lowest BCUT2D eigenvalue weighted by Crippen LogP contribution is -2.26. The number of carbonyl (C=O) groups excluding carboxylic acids is 2. The molecule has 11 heavy (non-hydrogen) atoms. The first kappa shape index (κ1) is 8.29. The maximum atomic E-state index is 10.9. The van der Waals surface area contributed by atoms with E-state index in [9.17, 15) is 9.59 Å². The van der Waals surface area contributed by atoms with Gasteiger partial charge in [0.05, 0.1) is 0 Å². The number of hydrogen-bond acceptors (Lipinski definition) is 4. The van der Waals surface area contributed by atoms with Crippen molar-refractivity contribution in [3.05, 3.63) is 12.2 Å². The van der Waals surface area contributed by atoms with Crippen LogP contribution in [0.1, 0.15) is 0 Å². The summed E-state index contributed by atoms with van der Waals surface area (Å²) in [5.41, 5.74) is 0. The molecule has 0 bridgehead atoms. The van der Waals surface area contributed by atoms with Gasteiger partial charge in [0.15, 0.2) is 0 Å². The lowest BCUT2D eigenvalue weighted by atomic mass is 10.6. The van der Waals surface area contributed by atoms with Crippen molar-refractivity contribution < 1.29 is 9.59 Å². The maximum absolute atomic E-state index is 10.9. The average molecular weight is 172 g/mol. The monoisotopic (exact) mass is 172 g/mol. The van der Waals surface area contributed by atoms with Crippen LogP contribution in [0, 0.1) is 0 Å². The van der Waals surface area contributed by atoms with Crippen LogP contribution >= 0.6 is 12.1 Å². The van der Waals surface area contributed by atoms with Gasteiger partial charge in [-0.25, -0.2) is 8.61 Å². The van der Waals surface area contributed by atoms with E-state index in [1.165, 1.54) is 12.2 Å². The Morgan fingerprint density at radius 2 is 1.73 bits per heavy atom. The number of nitrogens with zero attached hydrogens (tertiary/aromatic N) is 2. The molecule has 1 aliphatic heterocycles. The van der Waals surface area contributed by atoms with E-state index in [1.807, 2.05) is 0 Å². The molecule has 0 aromatic rings. The third kappa shape index (κ3) is 1.81. The zero-order valence-corrected chi connectivity index (χ0v) is 7.09. The molecule has 1 rings (SSSR count). The molecule has 1 aliphatic rings. The first-order valence-electron chi connectivity index (χ1n) is 3.03. The average Bonchev–Trinajstić information content (AvgIpc) is 2.18. The standard InChI is InChI=1S/C6H8N2O2S/c1-7(2)11-8-5(9)3-4-6(8)10/h3-4H,1-2H3. The highest BCUT2D eigenvalue weighted by atomic mass is 32.2. The Hall–Kier alpha value is -0.810. The van der Waals surface area contributed by atoms with Crippen molar-refractivity contribution in [2.75, 3.05) is 14.1 Å². The molecule has 60 valence electrons. The summed E-state index contributed by atoms with van der Waals surface area (Å²) in [4.78, 5) is 21.8. The Morgan fingerprint density at radius 3 is 2.09 bits per heavy atom. The zero-order valence-electron chi connectivity index (χ0n) is 6.27. The summed E-state index contributed by atoms with van der Waals surface area (Å²) in [5, 5.41) is 0. The highest BCUT2D eigenvalue weighted by molar-refractivity contribution is 7.95. The molecular formula is C6H8N2O2S. The number of hydrogen-bond donors (Lipinski definition) is 0. The van der Waals surface area contributed by atoms with Gasteiger partial charge in [-0.05, 0) is 14.1 Å². The van der Waals surface area contributed by atoms with Crippen LogP contribution < -0.4 is 0 Å². The molecule has 5 heteroatoms. The molecule has 0 aromatic heterocycles. The Kier molecular flexibility index (Phi) is 2.31. The molecule has 0 saturated carbocycles. The Morgan fingerprint density at radius 1 is 1.27 bits per heavy atom. The zero-order chi connectivity index (χ0) is 8.43. The summed E-state index contributed by atoms with van der Waals surface area (Å²) < 4.78 is 2.78. The first-order valence-corrected chi connectivity index (χ1v) is 3.76. The lowest BCUT2D eigenvalue weighted by Gasteiger charge is -2.15. The normalized spacial score (nSPS) is 17.2. The maximum Gasteiger partial charge on any atom is 0.264 e. The van der Waals surface area contributed by atoms with Gasteiger partial charge in [0, 0.05) is 24.3 Å². The van der Waals surface area contributed by atoms with Crippen LogP contribution in [0.2, 0.25) is 0 Å². The van der Waals surface area contributed by atoms with Crippen LogP contribution in [0.3, 0.4) is 0 Å². The highest BCUT2D eigenvalue weighted by Crippen LogP contribution is 2.17. The van der Waals surface area contributed by atoms with Crippen LogP contribution in [0.25, 0.3) is 0 Å². The van der Waals surface area contributed by atoms with Gasteiger partial charge in [-0.3, -0.25) is 9.59 Å². The molecule has 0 spiro atoms. The second-order valence-corrected chi connectivity index (χ2v) is 3.46. The fourth-order valence-electron chi connectivity index (χ4n) is 0.630. The lowest BCUT2D eigenvalue weighted by molar-refractivity contribution is -0.130. The molecule has 0 saturated heterocycles. The van der Waals surface area contributed by atoms with Gasteiger partial charge in [0.25, 0.3) is 11.8 Å². The molecule has 2 amide bonds. The second-order valence-electron chi connectivity index (χ2n) is 2.20. The van der Waals surface area contributed by atoms with E-state index >= 15 is 0 Å². The Labute approximate surface area is 69.1 Å². The van der Waals surface area contributed by atoms with E-state index in [-0.39, 0.29) is 11.8 Å².